The minimum absolute atomic E-state index is 0.243. The summed E-state index contributed by atoms with van der Waals surface area (Å²) in [6, 6.07) is 7.53. The molecule has 0 saturated carbocycles. The number of ether oxygens (including phenoxy) is 3. The first-order valence-corrected chi connectivity index (χ1v) is 7.61. The van der Waals surface area contributed by atoms with Gasteiger partial charge in [0.15, 0.2) is 11.5 Å². The van der Waals surface area contributed by atoms with E-state index in [1.165, 1.54) is 27.4 Å². The van der Waals surface area contributed by atoms with Crippen LogP contribution in [0.3, 0.4) is 0 Å². The van der Waals surface area contributed by atoms with Crippen molar-refractivity contribution in [2.75, 3.05) is 26.6 Å². The summed E-state index contributed by atoms with van der Waals surface area (Å²) in [6.45, 7) is 0. The van der Waals surface area contributed by atoms with E-state index in [0.29, 0.717) is 28.9 Å². The molecule has 1 N–H and O–H groups in total. The molecule has 0 saturated heterocycles. The van der Waals surface area contributed by atoms with Crippen LogP contribution in [0, 0.1) is 23.0 Å². The zero-order valence-electron chi connectivity index (χ0n) is 14.8. The average molecular weight is 374 g/mol. The summed E-state index contributed by atoms with van der Waals surface area (Å²) in [5.74, 6) is -1.55. The fraction of sp³-hybridized carbons (Fsp3) is 0.158. The van der Waals surface area contributed by atoms with Crippen molar-refractivity contribution in [3.8, 4) is 23.3 Å². The summed E-state index contributed by atoms with van der Waals surface area (Å²) < 4.78 is 42.3. The summed E-state index contributed by atoms with van der Waals surface area (Å²) >= 11 is 0. The lowest BCUT2D eigenvalue weighted by atomic mass is 10.1. The molecule has 2 aromatic rings. The predicted molar refractivity (Wildman–Crippen MR) is 94.7 cm³/mol. The second-order valence-corrected chi connectivity index (χ2v) is 5.21. The van der Waals surface area contributed by atoms with Crippen LogP contribution in [-0.2, 0) is 4.79 Å². The molecule has 0 spiro atoms. The summed E-state index contributed by atoms with van der Waals surface area (Å²) in [5, 5.41) is 11.5. The molecule has 0 aliphatic carbocycles. The lowest BCUT2D eigenvalue weighted by Gasteiger charge is -2.13. The minimum atomic E-state index is -0.951. The second-order valence-electron chi connectivity index (χ2n) is 5.21. The Morgan fingerprint density at radius 3 is 2.19 bits per heavy atom. The van der Waals surface area contributed by atoms with Crippen molar-refractivity contribution in [3.63, 3.8) is 0 Å². The molecule has 0 unspecified atom stereocenters. The van der Waals surface area contributed by atoms with Gasteiger partial charge in [-0.3, -0.25) is 4.79 Å². The summed E-state index contributed by atoms with van der Waals surface area (Å²) in [6.07, 6.45) is 1.28. The van der Waals surface area contributed by atoms with E-state index < -0.39 is 17.5 Å². The molecule has 2 aromatic carbocycles. The third-order valence-corrected chi connectivity index (χ3v) is 3.54. The van der Waals surface area contributed by atoms with Crippen LogP contribution in [-0.4, -0.2) is 27.2 Å². The summed E-state index contributed by atoms with van der Waals surface area (Å²) in [4.78, 5) is 12.3. The van der Waals surface area contributed by atoms with Crippen molar-refractivity contribution in [2.45, 2.75) is 0 Å². The van der Waals surface area contributed by atoms with Crippen LogP contribution >= 0.6 is 0 Å². The molecule has 2 rings (SSSR count). The largest absolute Gasteiger partial charge is 0.493 e. The highest BCUT2D eigenvalue weighted by molar-refractivity contribution is 6.09. The Morgan fingerprint density at radius 2 is 1.70 bits per heavy atom. The molecule has 6 nitrogen and oxygen atoms in total. The normalized spacial score (nSPS) is 10.7. The van der Waals surface area contributed by atoms with Crippen LogP contribution in [0.15, 0.2) is 35.9 Å². The molecule has 0 aromatic heterocycles. The average Bonchev–Trinajstić information content (AvgIpc) is 2.67. The predicted octanol–water partition coefficient (Wildman–Crippen LogP) is 3.54. The SMILES string of the molecule is COc1cc(/C=C(\C#N)C(=O)Nc2ccc(F)cc2F)cc(OC)c1OC. The van der Waals surface area contributed by atoms with Gasteiger partial charge in [0, 0.05) is 6.07 Å². The first kappa shape index (κ1) is 19.7. The molecule has 0 heterocycles. The molecule has 140 valence electrons. The molecule has 0 radical (unpaired) electrons. The van der Waals surface area contributed by atoms with Crippen molar-refractivity contribution in [2.24, 2.45) is 0 Å². The van der Waals surface area contributed by atoms with Crippen molar-refractivity contribution >= 4 is 17.7 Å². The number of amides is 1. The lowest BCUT2D eigenvalue weighted by molar-refractivity contribution is -0.112. The number of halogens is 2. The zero-order chi connectivity index (χ0) is 20.0. The number of methoxy groups -OCH3 is 3. The fourth-order valence-electron chi connectivity index (χ4n) is 2.28. The van der Waals surface area contributed by atoms with Gasteiger partial charge in [0.25, 0.3) is 5.91 Å². The maximum absolute atomic E-state index is 13.7. The molecular formula is C19H16F2N2O4. The third kappa shape index (κ3) is 4.52. The first-order valence-electron chi connectivity index (χ1n) is 7.61. The number of nitrogens with one attached hydrogen (secondary N) is 1. The minimum Gasteiger partial charge on any atom is -0.493 e. The smallest absolute Gasteiger partial charge is 0.266 e. The van der Waals surface area contributed by atoms with Gasteiger partial charge < -0.3 is 19.5 Å². The van der Waals surface area contributed by atoms with E-state index in [-0.39, 0.29) is 11.3 Å². The maximum Gasteiger partial charge on any atom is 0.266 e. The number of benzene rings is 2. The molecule has 0 fully saturated rings. The Labute approximate surface area is 154 Å². The van der Waals surface area contributed by atoms with Crippen molar-refractivity contribution in [3.05, 3.63) is 53.1 Å². The number of anilines is 1. The van der Waals surface area contributed by atoms with Crippen molar-refractivity contribution in [1.82, 2.24) is 0 Å². The van der Waals surface area contributed by atoms with E-state index in [9.17, 15) is 18.8 Å². The number of hydrogen-bond donors (Lipinski definition) is 1. The molecular weight excluding hydrogens is 358 g/mol. The molecule has 8 heteroatoms. The summed E-state index contributed by atoms with van der Waals surface area (Å²) in [7, 11) is 4.31. The Hall–Kier alpha value is -3.60. The van der Waals surface area contributed by atoms with Crippen LogP contribution in [0.5, 0.6) is 17.2 Å². The standard InChI is InChI=1S/C19H16F2N2O4/c1-25-16-7-11(8-17(26-2)18(16)27-3)6-12(10-22)19(24)23-15-5-4-13(20)9-14(15)21/h4-9H,1-3H3,(H,23,24)/b12-6+. The highest BCUT2D eigenvalue weighted by atomic mass is 19.1. The van der Waals surface area contributed by atoms with Crippen LogP contribution < -0.4 is 19.5 Å². The Bertz CT molecular complexity index is 911. The van der Waals surface area contributed by atoms with Crippen molar-refractivity contribution < 1.29 is 27.8 Å². The van der Waals surface area contributed by atoms with Crippen molar-refractivity contribution in [1.29, 1.82) is 5.26 Å². The maximum atomic E-state index is 13.7. The molecule has 0 aliphatic rings. The molecule has 0 bridgehead atoms. The van der Waals surface area contributed by atoms with Gasteiger partial charge >= 0.3 is 0 Å². The summed E-state index contributed by atoms with van der Waals surface area (Å²) in [5.41, 5.74) is -0.115. The fourth-order valence-corrected chi connectivity index (χ4v) is 2.28. The molecule has 0 atom stereocenters. The van der Waals surface area contributed by atoms with Gasteiger partial charge in [-0.1, -0.05) is 0 Å². The number of nitrogens with zero attached hydrogens (tertiary/aromatic N) is 1. The van der Waals surface area contributed by atoms with Gasteiger partial charge in [-0.15, -0.1) is 0 Å². The van der Waals surface area contributed by atoms with Gasteiger partial charge in [0.1, 0.15) is 23.3 Å². The van der Waals surface area contributed by atoms with Gasteiger partial charge in [-0.25, -0.2) is 8.78 Å². The van der Waals surface area contributed by atoms with Crippen LogP contribution in [0.1, 0.15) is 5.56 Å². The van der Waals surface area contributed by atoms with E-state index in [0.717, 1.165) is 12.1 Å². The quantitative estimate of drug-likeness (QED) is 0.618. The van der Waals surface area contributed by atoms with Gasteiger partial charge in [-0.05, 0) is 35.9 Å². The van der Waals surface area contributed by atoms with E-state index in [4.69, 9.17) is 14.2 Å². The van der Waals surface area contributed by atoms with Crippen LogP contribution in [0.25, 0.3) is 6.08 Å². The van der Waals surface area contributed by atoms with Crippen LogP contribution in [0.4, 0.5) is 14.5 Å². The number of carbonyl (C=O) groups excluding carboxylic acids is 1. The van der Waals surface area contributed by atoms with Gasteiger partial charge in [0.2, 0.25) is 5.75 Å². The first-order chi connectivity index (χ1) is 12.9. The highest BCUT2D eigenvalue weighted by Gasteiger charge is 2.16. The number of rotatable bonds is 6. The number of nitriles is 1. The Balaban J connectivity index is 2.37. The molecule has 27 heavy (non-hydrogen) atoms. The highest BCUT2D eigenvalue weighted by Crippen LogP contribution is 2.38. The van der Waals surface area contributed by atoms with E-state index in [1.54, 1.807) is 18.2 Å². The number of hydrogen-bond acceptors (Lipinski definition) is 5. The van der Waals surface area contributed by atoms with Gasteiger partial charge in [0.05, 0.1) is 27.0 Å². The Morgan fingerprint density at radius 1 is 1.07 bits per heavy atom. The topological polar surface area (TPSA) is 80.6 Å². The molecule has 1 amide bonds. The second kappa shape index (κ2) is 8.67. The third-order valence-electron chi connectivity index (χ3n) is 3.54. The zero-order valence-corrected chi connectivity index (χ0v) is 14.8. The van der Waals surface area contributed by atoms with Gasteiger partial charge in [-0.2, -0.15) is 5.26 Å². The van der Waals surface area contributed by atoms with Crippen LogP contribution in [0.2, 0.25) is 0 Å². The molecule has 0 aliphatic heterocycles. The lowest BCUT2D eigenvalue weighted by Crippen LogP contribution is -2.14. The van der Waals surface area contributed by atoms with E-state index in [2.05, 4.69) is 5.32 Å². The van der Waals surface area contributed by atoms with E-state index in [1.807, 2.05) is 0 Å². The number of carbonyl (C=O) groups is 1. The monoisotopic (exact) mass is 374 g/mol. The Kier molecular flexibility index (Phi) is 6.33. The van der Waals surface area contributed by atoms with E-state index >= 15 is 0 Å².